The topological polar surface area (TPSA) is 105 Å². The molecule has 154 valence electrons. The highest BCUT2D eigenvalue weighted by molar-refractivity contribution is 5.92. The Kier molecular flexibility index (Phi) is 5.46. The molecular weight excluding hydrogens is 358 g/mol. The molecule has 0 saturated heterocycles. The Bertz CT molecular complexity index is 777. The maximum atomic E-state index is 12.1. The molecule has 3 atom stereocenters. The number of nitrogen functional groups attached to an aromatic ring is 1. The predicted molar refractivity (Wildman–Crippen MR) is 110 cm³/mol. The Morgan fingerprint density at radius 3 is 2.61 bits per heavy atom. The maximum absolute atomic E-state index is 12.1. The van der Waals surface area contributed by atoms with Crippen LogP contribution in [0.1, 0.15) is 52.0 Å². The van der Waals surface area contributed by atoms with E-state index in [1.807, 2.05) is 19.1 Å². The van der Waals surface area contributed by atoms with Crippen LogP contribution in [0.2, 0.25) is 0 Å². The number of carbonyl (C=O) groups excluding carboxylic acids is 1. The lowest BCUT2D eigenvalue weighted by Crippen LogP contribution is -2.42. The van der Waals surface area contributed by atoms with Gasteiger partial charge in [0.25, 0.3) is 0 Å². The van der Waals surface area contributed by atoms with Crippen LogP contribution in [0.4, 0.5) is 21.9 Å². The lowest BCUT2D eigenvalue weighted by Gasteiger charge is -2.41. The first-order chi connectivity index (χ1) is 13.2. The molecule has 0 spiro atoms. The highest BCUT2D eigenvalue weighted by atomic mass is 16.5. The zero-order chi connectivity index (χ0) is 20.6. The van der Waals surface area contributed by atoms with E-state index in [-0.39, 0.29) is 29.4 Å². The summed E-state index contributed by atoms with van der Waals surface area (Å²) in [4.78, 5) is 25.1. The largest absolute Gasteiger partial charge is 0.469 e. The van der Waals surface area contributed by atoms with Gasteiger partial charge in [-0.2, -0.15) is 0 Å². The fraction of sp³-hybridized carbons (Fsp3) is 0.619. The number of nitrogens with zero attached hydrogens (tertiary/aromatic N) is 1. The van der Waals surface area contributed by atoms with Crippen LogP contribution in [0.3, 0.4) is 0 Å². The molecule has 0 radical (unpaired) electrons. The number of benzene rings is 1. The normalized spacial score (nSPS) is 26.3. The number of rotatable bonds is 3. The number of nitrogens with one attached hydrogen (secondary N) is 1. The van der Waals surface area contributed by atoms with E-state index in [0.29, 0.717) is 11.4 Å². The van der Waals surface area contributed by atoms with Gasteiger partial charge in [-0.05, 0) is 56.6 Å². The van der Waals surface area contributed by atoms with Crippen molar-refractivity contribution in [3.8, 4) is 0 Å². The van der Waals surface area contributed by atoms with E-state index in [9.17, 15) is 14.7 Å². The third kappa shape index (κ3) is 3.62. The summed E-state index contributed by atoms with van der Waals surface area (Å²) in [6, 6.07) is 3.87. The zero-order valence-electron chi connectivity index (χ0n) is 17.1. The Hall–Kier alpha value is -2.44. The van der Waals surface area contributed by atoms with Gasteiger partial charge >= 0.3 is 12.1 Å². The van der Waals surface area contributed by atoms with Crippen molar-refractivity contribution in [1.29, 1.82) is 0 Å². The van der Waals surface area contributed by atoms with Crippen molar-refractivity contribution in [2.45, 2.75) is 65.0 Å². The molecule has 2 aliphatic rings. The number of carbonyl (C=O) groups is 2. The molecule has 4 N–H and O–H groups in total. The molecule has 1 aromatic rings. The third-order valence-corrected chi connectivity index (χ3v) is 6.42. The summed E-state index contributed by atoms with van der Waals surface area (Å²) in [5.41, 5.74) is 9.32. The number of esters is 1. The highest BCUT2D eigenvalue weighted by Crippen LogP contribution is 2.44. The third-order valence-electron chi connectivity index (χ3n) is 6.42. The van der Waals surface area contributed by atoms with Gasteiger partial charge in [0.1, 0.15) is 0 Å². The van der Waals surface area contributed by atoms with Gasteiger partial charge in [-0.1, -0.05) is 13.8 Å². The first kappa shape index (κ1) is 20.3. The number of methoxy groups -OCH3 is 1. The quantitative estimate of drug-likeness (QED) is 0.535. The van der Waals surface area contributed by atoms with Gasteiger partial charge in [0.15, 0.2) is 0 Å². The van der Waals surface area contributed by atoms with Crippen LogP contribution < -0.4 is 16.0 Å². The first-order valence-corrected chi connectivity index (χ1v) is 9.93. The van der Waals surface area contributed by atoms with E-state index in [4.69, 9.17) is 10.5 Å². The first-order valence-electron chi connectivity index (χ1n) is 9.93. The van der Waals surface area contributed by atoms with Crippen LogP contribution >= 0.6 is 0 Å². The number of fused-ring (bicyclic) bond motifs is 1. The molecule has 1 aliphatic heterocycles. The Labute approximate surface area is 166 Å². The van der Waals surface area contributed by atoms with Crippen LogP contribution in [0.5, 0.6) is 0 Å². The summed E-state index contributed by atoms with van der Waals surface area (Å²) in [5.74, 6) is -0.235. The lowest BCUT2D eigenvalue weighted by molar-refractivity contribution is -0.151. The lowest BCUT2D eigenvalue weighted by atomic mass is 9.67. The second kappa shape index (κ2) is 7.53. The van der Waals surface area contributed by atoms with Crippen LogP contribution in [-0.2, 0) is 16.0 Å². The molecule has 1 aliphatic carbocycles. The molecule has 1 amide bonds. The fourth-order valence-corrected chi connectivity index (χ4v) is 4.84. The fourth-order valence-electron chi connectivity index (χ4n) is 4.84. The number of hydrogen-bond donors (Lipinski definition) is 3. The molecule has 0 aromatic heterocycles. The van der Waals surface area contributed by atoms with Gasteiger partial charge < -0.3 is 20.9 Å². The average molecular weight is 389 g/mol. The molecule has 1 saturated carbocycles. The van der Waals surface area contributed by atoms with E-state index in [2.05, 4.69) is 19.2 Å². The average Bonchev–Trinajstić information content (AvgIpc) is 2.62. The maximum Gasteiger partial charge on any atom is 0.412 e. The zero-order valence-corrected chi connectivity index (χ0v) is 17.1. The Balaban J connectivity index is 1.80. The van der Waals surface area contributed by atoms with Crippen molar-refractivity contribution >= 4 is 29.1 Å². The summed E-state index contributed by atoms with van der Waals surface area (Å²) >= 11 is 0. The van der Waals surface area contributed by atoms with E-state index in [1.54, 1.807) is 0 Å². The molecule has 7 nitrogen and oxygen atoms in total. The van der Waals surface area contributed by atoms with E-state index in [0.717, 1.165) is 43.4 Å². The van der Waals surface area contributed by atoms with Gasteiger partial charge in [0.2, 0.25) is 0 Å². The van der Waals surface area contributed by atoms with Gasteiger partial charge in [-0.25, -0.2) is 4.79 Å². The molecule has 0 bridgehead atoms. The SMILES string of the molecule is COC(=O)C1CCC(Nc2ccc3c(c2N)CC[C@H](C)N3C(=O)O)CC1(C)C. The minimum Gasteiger partial charge on any atom is -0.469 e. The minimum atomic E-state index is -0.948. The van der Waals surface area contributed by atoms with Crippen molar-refractivity contribution < 1.29 is 19.4 Å². The summed E-state index contributed by atoms with van der Waals surface area (Å²) < 4.78 is 4.97. The van der Waals surface area contributed by atoms with Crippen molar-refractivity contribution in [2.24, 2.45) is 11.3 Å². The summed E-state index contributed by atoms with van der Waals surface area (Å²) in [5, 5.41) is 13.1. The van der Waals surface area contributed by atoms with Gasteiger partial charge in [0, 0.05) is 17.6 Å². The number of hydrogen-bond acceptors (Lipinski definition) is 5. The predicted octanol–water partition coefficient (Wildman–Crippen LogP) is 3.87. The molecular formula is C21H31N3O4. The second-order valence-corrected chi connectivity index (χ2v) is 8.75. The molecule has 7 heteroatoms. The monoisotopic (exact) mass is 389 g/mol. The Morgan fingerprint density at radius 1 is 1.29 bits per heavy atom. The van der Waals surface area contributed by atoms with Crippen LogP contribution in [0.25, 0.3) is 0 Å². The number of nitrogens with two attached hydrogens (primary N) is 1. The van der Waals surface area contributed by atoms with E-state index >= 15 is 0 Å². The van der Waals surface area contributed by atoms with Gasteiger partial charge in [-0.3, -0.25) is 9.69 Å². The minimum absolute atomic E-state index is 0.0578. The molecule has 28 heavy (non-hydrogen) atoms. The molecule has 1 aromatic carbocycles. The summed E-state index contributed by atoms with van der Waals surface area (Å²) in [6.45, 7) is 6.12. The van der Waals surface area contributed by atoms with Gasteiger partial charge in [-0.15, -0.1) is 0 Å². The van der Waals surface area contributed by atoms with Crippen molar-refractivity contribution in [1.82, 2.24) is 0 Å². The number of amides is 1. The standard InChI is InChI=1S/C21H31N3O4/c1-12-5-7-14-17(24(12)20(26)27)10-9-16(18(14)22)23-13-6-8-15(19(25)28-4)21(2,3)11-13/h9-10,12-13,15,23H,5-8,11,22H2,1-4H3,(H,26,27)/t12-,13?,15?/m0/s1. The van der Waals surface area contributed by atoms with Crippen LogP contribution in [0.15, 0.2) is 12.1 Å². The summed E-state index contributed by atoms with van der Waals surface area (Å²) in [6.07, 6.45) is 3.04. The van der Waals surface area contributed by atoms with Crippen molar-refractivity contribution in [2.75, 3.05) is 23.1 Å². The van der Waals surface area contributed by atoms with Crippen molar-refractivity contribution in [3.05, 3.63) is 17.7 Å². The highest BCUT2D eigenvalue weighted by Gasteiger charge is 2.41. The second-order valence-electron chi connectivity index (χ2n) is 8.75. The Morgan fingerprint density at radius 2 is 2.00 bits per heavy atom. The number of ether oxygens (including phenoxy) is 1. The molecule has 3 rings (SSSR count). The van der Waals surface area contributed by atoms with E-state index in [1.165, 1.54) is 12.0 Å². The summed E-state index contributed by atoms with van der Waals surface area (Å²) in [7, 11) is 1.44. The van der Waals surface area contributed by atoms with Gasteiger partial charge in [0.05, 0.1) is 30.1 Å². The smallest absolute Gasteiger partial charge is 0.412 e. The molecule has 1 fully saturated rings. The van der Waals surface area contributed by atoms with Crippen LogP contribution in [-0.4, -0.2) is 36.4 Å². The molecule has 2 unspecified atom stereocenters. The number of anilines is 3. The van der Waals surface area contributed by atoms with E-state index < -0.39 is 6.09 Å². The number of carboxylic acid groups (broad SMARTS) is 1. The molecule has 1 heterocycles. The van der Waals surface area contributed by atoms with Crippen molar-refractivity contribution in [3.63, 3.8) is 0 Å². The van der Waals surface area contributed by atoms with Crippen LogP contribution in [0, 0.1) is 11.3 Å².